The molecule has 1 saturated heterocycles. The molecule has 1 aliphatic rings. The van der Waals surface area contributed by atoms with Crippen molar-refractivity contribution >= 4 is 66.6 Å². The Morgan fingerprint density at radius 1 is 1.11 bits per heavy atom. The number of ether oxygens (including phenoxy) is 2. The number of nitro benzene ring substituents is 1. The molecule has 0 bridgehead atoms. The van der Waals surface area contributed by atoms with Gasteiger partial charge in [-0.3, -0.25) is 19.7 Å². The summed E-state index contributed by atoms with van der Waals surface area (Å²) in [6.07, 6.45) is 0.0167. The molecule has 1 N–H and O–H groups in total. The number of rotatable bonds is 13. The van der Waals surface area contributed by atoms with Crippen molar-refractivity contribution < 1.29 is 28.8 Å². The van der Waals surface area contributed by atoms with Crippen LogP contribution >= 0.6 is 32.9 Å². The quantitative estimate of drug-likeness (QED) is 0.0370. The summed E-state index contributed by atoms with van der Waals surface area (Å²) in [5.41, 5.74) is 0.594. The summed E-state index contributed by atoms with van der Waals surface area (Å²) in [7, 11) is 3.85. The number of nitrogens with one attached hydrogen (secondary N) is 1. The number of methoxy groups -OCH3 is 1. The molecule has 11 nitrogen and oxygen atoms in total. The number of hydrogen-bond acceptors (Lipinski definition) is 11. The number of amides is 2. The Hall–Kier alpha value is -4.24. The van der Waals surface area contributed by atoms with Crippen LogP contribution in [0.3, 0.4) is 0 Å². The van der Waals surface area contributed by atoms with Crippen LogP contribution in [-0.2, 0) is 36.9 Å². The van der Waals surface area contributed by atoms with E-state index in [2.05, 4.69) is 16.9 Å². The van der Waals surface area contributed by atoms with Crippen LogP contribution in [0.15, 0.2) is 95.4 Å². The van der Waals surface area contributed by atoms with Crippen LogP contribution in [0.2, 0.25) is 0 Å². The van der Waals surface area contributed by atoms with Crippen LogP contribution in [0.1, 0.15) is 18.1 Å². The van der Waals surface area contributed by atoms with E-state index >= 15 is 0 Å². The number of nitrogens with zero attached hydrogens (tertiary/aromatic N) is 3. The first-order chi connectivity index (χ1) is 21.6. The molecule has 0 radical (unpaired) electrons. The van der Waals surface area contributed by atoms with Crippen LogP contribution in [0.4, 0.5) is 5.69 Å². The predicted octanol–water partition coefficient (Wildman–Crippen LogP) is 5.50. The minimum Gasteiger partial charge on any atom is -0.459 e. The third-order valence-electron chi connectivity index (χ3n) is 6.99. The number of para-hydroxylation sites is 1. The molecule has 232 valence electrons. The van der Waals surface area contributed by atoms with Crippen molar-refractivity contribution in [3.63, 3.8) is 0 Å². The smallest absolute Gasteiger partial charge is 0.333 e. The molecule has 3 unspecified atom stereocenters. The van der Waals surface area contributed by atoms with E-state index < -0.39 is 39.8 Å². The Balaban J connectivity index is 1.39. The molecule has 14 heteroatoms. The van der Waals surface area contributed by atoms with Crippen molar-refractivity contribution in [2.45, 2.75) is 41.4 Å². The molecular formula is C31H28N4O7S3. The van der Waals surface area contributed by atoms with E-state index in [0.717, 1.165) is 15.8 Å². The first-order valence-electron chi connectivity index (χ1n) is 13.6. The average Bonchev–Trinajstić information content (AvgIpc) is 3.45. The van der Waals surface area contributed by atoms with Gasteiger partial charge in [0.25, 0.3) is 17.3 Å². The summed E-state index contributed by atoms with van der Waals surface area (Å²) in [6, 6.07) is 21.2. The molecule has 0 saturated carbocycles. The lowest BCUT2D eigenvalue weighted by molar-refractivity contribution is -0.384. The molecule has 0 aliphatic carbocycles. The second kappa shape index (κ2) is 13.8. The van der Waals surface area contributed by atoms with Crippen LogP contribution in [-0.4, -0.2) is 56.8 Å². The third-order valence-corrected chi connectivity index (χ3v) is 11.0. The molecular weight excluding hydrogens is 637 g/mol. The number of esters is 1. The minimum absolute atomic E-state index is 0.0167. The SMILES string of the molecule is C=C(C)C(C(=O)OCc1ccc([N+](=O)[O-])cc1)N1C(=O)C(NC(=O)Cc2ccccc2)(OC)C1SSc1nc2ccccc2s1. The van der Waals surface area contributed by atoms with Gasteiger partial charge in [0.1, 0.15) is 12.0 Å². The molecule has 4 aromatic rings. The summed E-state index contributed by atoms with van der Waals surface area (Å²) >= 11 is 1.48. The Kier molecular flexibility index (Phi) is 9.87. The summed E-state index contributed by atoms with van der Waals surface area (Å²) in [5, 5.41) is 12.9. The van der Waals surface area contributed by atoms with E-state index in [0.29, 0.717) is 15.5 Å². The van der Waals surface area contributed by atoms with Crippen LogP contribution in [0, 0.1) is 10.1 Å². The van der Waals surface area contributed by atoms with Gasteiger partial charge in [-0.1, -0.05) is 59.8 Å². The highest BCUT2D eigenvalue weighted by Gasteiger charge is 2.66. The van der Waals surface area contributed by atoms with E-state index in [4.69, 9.17) is 9.47 Å². The summed E-state index contributed by atoms with van der Waals surface area (Å²) in [6.45, 7) is 5.38. The fourth-order valence-corrected chi connectivity index (χ4v) is 8.85. The fraction of sp³-hybridized carbons (Fsp3) is 0.226. The number of likely N-dealkylation sites (tertiary alicyclic amines) is 1. The van der Waals surface area contributed by atoms with Crippen molar-refractivity contribution in [3.8, 4) is 0 Å². The van der Waals surface area contributed by atoms with Gasteiger partial charge in [0.2, 0.25) is 5.91 Å². The molecule has 2 amide bonds. The van der Waals surface area contributed by atoms with Gasteiger partial charge in [-0.05, 0) is 58.7 Å². The minimum atomic E-state index is -1.77. The lowest BCUT2D eigenvalue weighted by Crippen LogP contribution is -2.82. The largest absolute Gasteiger partial charge is 0.459 e. The molecule has 1 fully saturated rings. The molecule has 3 aromatic carbocycles. The van der Waals surface area contributed by atoms with E-state index in [9.17, 15) is 24.5 Å². The molecule has 5 rings (SSSR count). The van der Waals surface area contributed by atoms with E-state index in [1.54, 1.807) is 19.1 Å². The maximum atomic E-state index is 13.9. The number of aromatic nitrogens is 1. The number of fused-ring (bicyclic) bond motifs is 1. The average molecular weight is 665 g/mol. The Labute approximate surface area is 270 Å². The number of hydrogen-bond donors (Lipinski definition) is 1. The Bertz CT molecular complexity index is 1720. The van der Waals surface area contributed by atoms with Crippen molar-refractivity contribution in [3.05, 3.63) is 112 Å². The van der Waals surface area contributed by atoms with Gasteiger partial charge in [-0.15, -0.1) is 11.3 Å². The highest BCUT2D eigenvalue weighted by Crippen LogP contribution is 2.49. The topological polar surface area (TPSA) is 141 Å². The van der Waals surface area contributed by atoms with Crippen LogP contribution in [0.25, 0.3) is 10.2 Å². The number of nitro groups is 1. The molecule has 2 heterocycles. The van der Waals surface area contributed by atoms with Gasteiger partial charge >= 0.3 is 5.97 Å². The molecule has 0 spiro atoms. The summed E-state index contributed by atoms with van der Waals surface area (Å²) in [4.78, 5) is 57.0. The second-order valence-electron chi connectivity index (χ2n) is 10.1. The van der Waals surface area contributed by atoms with E-state index in [1.165, 1.54) is 69.2 Å². The Morgan fingerprint density at radius 2 is 1.80 bits per heavy atom. The van der Waals surface area contributed by atoms with Gasteiger partial charge in [-0.2, -0.15) is 0 Å². The zero-order chi connectivity index (χ0) is 32.1. The number of β-lactam (4-membered cyclic amide) rings is 1. The summed E-state index contributed by atoms with van der Waals surface area (Å²) in [5.74, 6) is -1.81. The van der Waals surface area contributed by atoms with Gasteiger partial charge in [-0.25, -0.2) is 9.78 Å². The van der Waals surface area contributed by atoms with Crippen molar-refractivity contribution in [1.82, 2.24) is 15.2 Å². The maximum Gasteiger partial charge on any atom is 0.333 e. The van der Waals surface area contributed by atoms with Crippen molar-refractivity contribution in [2.24, 2.45) is 0 Å². The monoisotopic (exact) mass is 664 g/mol. The van der Waals surface area contributed by atoms with Gasteiger partial charge in [0, 0.05) is 19.2 Å². The molecule has 3 atom stereocenters. The first-order valence-corrected chi connectivity index (χ1v) is 16.6. The van der Waals surface area contributed by atoms with Crippen LogP contribution < -0.4 is 5.32 Å². The highest BCUT2D eigenvalue weighted by atomic mass is 33.1. The van der Waals surface area contributed by atoms with Crippen LogP contribution in [0.5, 0.6) is 0 Å². The van der Waals surface area contributed by atoms with E-state index in [-0.39, 0.29) is 18.7 Å². The lowest BCUT2D eigenvalue weighted by atomic mass is 9.95. The third kappa shape index (κ3) is 6.88. The normalized spacial score (nSPS) is 18.2. The zero-order valence-electron chi connectivity index (χ0n) is 24.2. The number of carbonyl (C=O) groups is 3. The lowest BCUT2D eigenvalue weighted by Gasteiger charge is -2.55. The second-order valence-corrected chi connectivity index (χ2v) is 13.7. The standard InChI is InChI=1S/C31H28N4O7S3/c1-19(2)26(27(37)42-18-21-13-15-22(16-14-21)35(39)40)34-28(38)31(41-3,33-25(36)17-20-9-5-4-6-10-20)29(34)44-45-30-32-23-11-7-8-12-24(23)43-30/h4-16,26,29H,1,17-18H2,2-3H3,(H,33,36). The molecule has 1 aromatic heterocycles. The van der Waals surface area contributed by atoms with Gasteiger partial charge in [0.05, 0.1) is 21.6 Å². The van der Waals surface area contributed by atoms with Crippen molar-refractivity contribution in [2.75, 3.05) is 7.11 Å². The first kappa shape index (κ1) is 32.2. The van der Waals surface area contributed by atoms with Gasteiger partial charge in [0.15, 0.2) is 10.4 Å². The van der Waals surface area contributed by atoms with Gasteiger partial charge < -0.3 is 19.7 Å². The zero-order valence-corrected chi connectivity index (χ0v) is 26.7. The number of thiazole rings is 1. The fourth-order valence-electron chi connectivity index (χ4n) is 4.76. The number of carbonyl (C=O) groups excluding carboxylic acids is 3. The predicted molar refractivity (Wildman–Crippen MR) is 173 cm³/mol. The van der Waals surface area contributed by atoms with Crippen molar-refractivity contribution in [1.29, 1.82) is 0 Å². The number of benzene rings is 3. The number of non-ortho nitro benzene ring substituents is 1. The molecule has 1 aliphatic heterocycles. The Morgan fingerprint density at radius 3 is 2.44 bits per heavy atom. The highest BCUT2D eigenvalue weighted by molar-refractivity contribution is 8.77. The molecule has 45 heavy (non-hydrogen) atoms. The maximum absolute atomic E-state index is 13.9. The summed E-state index contributed by atoms with van der Waals surface area (Å²) < 4.78 is 13.0. The van der Waals surface area contributed by atoms with E-state index in [1.807, 2.05) is 42.5 Å².